The minimum Gasteiger partial charge on any atom is -0.370 e. The van der Waals surface area contributed by atoms with Gasteiger partial charge in [-0.3, -0.25) is 4.90 Å². The van der Waals surface area contributed by atoms with Gasteiger partial charge in [0, 0.05) is 31.4 Å². The molecule has 0 spiro atoms. The fraction of sp³-hybridized carbons (Fsp3) is 0.600. The highest BCUT2D eigenvalue weighted by molar-refractivity contribution is 6.42. The third-order valence-electron chi connectivity index (χ3n) is 4.32. The number of halogens is 2. The molecule has 2 saturated heterocycles. The third kappa shape index (κ3) is 3.01. The molecule has 0 radical (unpaired) electrons. The highest BCUT2D eigenvalue weighted by Gasteiger charge is 2.27. The first-order chi connectivity index (χ1) is 9.24. The van der Waals surface area contributed by atoms with E-state index in [-0.39, 0.29) is 0 Å². The summed E-state index contributed by atoms with van der Waals surface area (Å²) in [5.74, 6) is 0. The number of anilines is 1. The van der Waals surface area contributed by atoms with Crippen molar-refractivity contribution in [3.8, 4) is 0 Å². The van der Waals surface area contributed by atoms with Crippen LogP contribution in [0.4, 0.5) is 5.69 Å². The lowest BCUT2D eigenvalue weighted by atomic mass is 10.0. The Kier molecular flexibility index (Phi) is 4.21. The Labute approximate surface area is 125 Å². The molecule has 1 aromatic rings. The summed E-state index contributed by atoms with van der Waals surface area (Å²) in [6, 6.07) is 6.71. The Bertz CT molecular complexity index is 450. The minimum atomic E-state index is 0.638. The molecule has 3 rings (SSSR count). The van der Waals surface area contributed by atoms with Crippen molar-refractivity contribution in [2.24, 2.45) is 0 Å². The van der Waals surface area contributed by atoms with Crippen LogP contribution in [0.2, 0.25) is 10.0 Å². The van der Waals surface area contributed by atoms with Gasteiger partial charge in [0.2, 0.25) is 0 Å². The van der Waals surface area contributed by atoms with E-state index < -0.39 is 0 Å². The zero-order valence-corrected chi connectivity index (χ0v) is 12.6. The molecule has 4 heteroatoms. The maximum Gasteiger partial charge on any atom is 0.0612 e. The second-order valence-corrected chi connectivity index (χ2v) is 6.40. The minimum absolute atomic E-state index is 0.638. The van der Waals surface area contributed by atoms with E-state index in [9.17, 15) is 0 Å². The number of hydrogen-bond donors (Lipinski definition) is 0. The number of hydrogen-bond acceptors (Lipinski definition) is 2. The van der Waals surface area contributed by atoms with Crippen LogP contribution in [-0.4, -0.2) is 37.1 Å². The molecule has 0 aromatic heterocycles. The Balaban J connectivity index is 1.78. The van der Waals surface area contributed by atoms with Gasteiger partial charge in [-0.1, -0.05) is 29.6 Å². The van der Waals surface area contributed by atoms with Gasteiger partial charge in [-0.15, -0.1) is 0 Å². The summed E-state index contributed by atoms with van der Waals surface area (Å²) in [7, 11) is 0. The average Bonchev–Trinajstić information content (AvgIpc) is 2.64. The number of piperidine rings is 1. The molecule has 1 unspecified atom stereocenters. The number of benzene rings is 1. The van der Waals surface area contributed by atoms with E-state index in [0.29, 0.717) is 16.1 Å². The zero-order chi connectivity index (χ0) is 13.2. The molecule has 2 fully saturated rings. The topological polar surface area (TPSA) is 6.48 Å². The van der Waals surface area contributed by atoms with Crippen LogP contribution in [0.1, 0.15) is 25.7 Å². The summed E-state index contributed by atoms with van der Waals surface area (Å²) in [5.41, 5.74) is 1.21. The largest absolute Gasteiger partial charge is 0.370 e. The van der Waals surface area contributed by atoms with Crippen molar-refractivity contribution in [3.63, 3.8) is 0 Å². The summed E-state index contributed by atoms with van der Waals surface area (Å²) in [5, 5.41) is 1.29. The van der Waals surface area contributed by atoms with Gasteiger partial charge in [-0.25, -0.2) is 0 Å². The van der Waals surface area contributed by atoms with E-state index in [1.165, 1.54) is 44.5 Å². The lowest BCUT2D eigenvalue weighted by Gasteiger charge is -2.35. The summed E-state index contributed by atoms with van der Waals surface area (Å²) < 4.78 is 0. The van der Waals surface area contributed by atoms with Crippen molar-refractivity contribution in [2.45, 2.75) is 31.7 Å². The van der Waals surface area contributed by atoms with Crippen LogP contribution in [0.15, 0.2) is 18.2 Å². The van der Waals surface area contributed by atoms with Gasteiger partial charge in [-0.2, -0.15) is 0 Å². The number of nitrogens with zero attached hydrogens (tertiary/aromatic N) is 2. The predicted octanol–water partition coefficient (Wildman–Crippen LogP) is 4.06. The van der Waals surface area contributed by atoms with E-state index in [1.54, 1.807) is 0 Å². The van der Waals surface area contributed by atoms with Crippen LogP contribution in [0.5, 0.6) is 0 Å². The third-order valence-corrected chi connectivity index (χ3v) is 5.06. The molecule has 2 nitrogen and oxygen atoms in total. The first-order valence-electron chi connectivity index (χ1n) is 7.18. The van der Waals surface area contributed by atoms with Crippen LogP contribution >= 0.6 is 23.2 Å². The Morgan fingerprint density at radius 1 is 0.947 bits per heavy atom. The lowest BCUT2D eigenvalue weighted by Crippen LogP contribution is -2.44. The van der Waals surface area contributed by atoms with Crippen molar-refractivity contribution >= 4 is 28.9 Å². The second kappa shape index (κ2) is 5.90. The summed E-state index contributed by atoms with van der Waals surface area (Å²) >= 11 is 12.1. The quantitative estimate of drug-likeness (QED) is 0.771. The van der Waals surface area contributed by atoms with Crippen molar-refractivity contribution in [1.82, 2.24) is 4.90 Å². The monoisotopic (exact) mass is 298 g/mol. The molecule has 0 bridgehead atoms. The number of fused-ring (bicyclic) bond motifs is 1. The second-order valence-electron chi connectivity index (χ2n) is 5.58. The van der Waals surface area contributed by atoms with E-state index in [4.69, 9.17) is 23.2 Å². The van der Waals surface area contributed by atoms with Crippen molar-refractivity contribution < 1.29 is 0 Å². The van der Waals surface area contributed by atoms with Gasteiger partial charge in [-0.05, 0) is 44.0 Å². The zero-order valence-electron chi connectivity index (χ0n) is 11.1. The highest BCUT2D eigenvalue weighted by atomic mass is 35.5. The first-order valence-corrected chi connectivity index (χ1v) is 7.94. The molecule has 0 saturated carbocycles. The van der Waals surface area contributed by atoms with E-state index in [2.05, 4.69) is 15.9 Å². The van der Waals surface area contributed by atoms with Crippen molar-refractivity contribution in [3.05, 3.63) is 28.2 Å². The SMILES string of the molecule is Clc1ccc(N2CCCN3CCCCC3C2)cc1Cl. The number of rotatable bonds is 1. The Morgan fingerprint density at radius 2 is 1.79 bits per heavy atom. The Hall–Kier alpha value is -0.440. The molecule has 1 atom stereocenters. The van der Waals surface area contributed by atoms with Gasteiger partial charge >= 0.3 is 0 Å². The maximum atomic E-state index is 6.14. The summed E-state index contributed by atoms with van der Waals surface area (Å²) in [4.78, 5) is 5.14. The molecule has 0 aliphatic carbocycles. The van der Waals surface area contributed by atoms with Crippen LogP contribution in [0, 0.1) is 0 Å². The lowest BCUT2D eigenvalue weighted by molar-refractivity contribution is 0.162. The molecule has 0 amide bonds. The molecule has 2 aliphatic heterocycles. The van der Waals surface area contributed by atoms with Crippen LogP contribution < -0.4 is 4.90 Å². The fourth-order valence-corrected chi connectivity index (χ4v) is 3.58. The fourth-order valence-electron chi connectivity index (χ4n) is 3.29. The van der Waals surface area contributed by atoms with Crippen molar-refractivity contribution in [2.75, 3.05) is 31.1 Å². The predicted molar refractivity (Wildman–Crippen MR) is 82.5 cm³/mol. The van der Waals surface area contributed by atoms with Gasteiger partial charge in [0.25, 0.3) is 0 Å². The molecule has 0 N–H and O–H groups in total. The normalized spacial score (nSPS) is 24.9. The summed E-state index contributed by atoms with van der Waals surface area (Å²) in [6.07, 6.45) is 5.30. The van der Waals surface area contributed by atoms with Crippen LogP contribution in [0.3, 0.4) is 0 Å². The van der Waals surface area contributed by atoms with Crippen LogP contribution in [0.25, 0.3) is 0 Å². The smallest absolute Gasteiger partial charge is 0.0612 e. The Morgan fingerprint density at radius 3 is 2.63 bits per heavy atom. The van der Waals surface area contributed by atoms with Crippen molar-refractivity contribution in [1.29, 1.82) is 0 Å². The van der Waals surface area contributed by atoms with E-state index >= 15 is 0 Å². The maximum absolute atomic E-state index is 6.14. The molecule has 104 valence electrons. The molecule has 2 aliphatic rings. The van der Waals surface area contributed by atoms with Crippen LogP contribution in [-0.2, 0) is 0 Å². The molecular formula is C15H20Cl2N2. The molecular weight excluding hydrogens is 279 g/mol. The van der Waals surface area contributed by atoms with Gasteiger partial charge in [0.05, 0.1) is 10.0 Å². The molecule has 1 aromatic carbocycles. The van der Waals surface area contributed by atoms with E-state index in [0.717, 1.165) is 13.1 Å². The first kappa shape index (κ1) is 13.5. The van der Waals surface area contributed by atoms with E-state index in [1.807, 2.05) is 12.1 Å². The van der Waals surface area contributed by atoms with Gasteiger partial charge in [0.1, 0.15) is 0 Å². The molecule has 2 heterocycles. The molecule has 19 heavy (non-hydrogen) atoms. The standard InChI is InChI=1S/C15H20Cl2N2/c16-14-6-5-12(10-15(14)17)19-9-3-8-18-7-2-1-4-13(18)11-19/h5-6,10,13H,1-4,7-9,11H2. The summed E-state index contributed by atoms with van der Waals surface area (Å²) in [6.45, 7) is 4.76. The highest BCUT2D eigenvalue weighted by Crippen LogP contribution is 2.29. The average molecular weight is 299 g/mol. The van der Waals surface area contributed by atoms with Gasteiger partial charge in [0.15, 0.2) is 0 Å². The van der Waals surface area contributed by atoms with Gasteiger partial charge < -0.3 is 4.90 Å².